The van der Waals surface area contributed by atoms with E-state index >= 15 is 0 Å². The van der Waals surface area contributed by atoms with E-state index in [1.54, 1.807) is 6.07 Å². The SMILES string of the molecule is CCCc1cc(C)[nH]c(=O)c1CNC(=O)c1cc(-c2ccc(C(F)(F)F)nc2)cc2c1ccn2CC1CCC1. The van der Waals surface area contributed by atoms with Crippen molar-refractivity contribution in [2.75, 3.05) is 0 Å². The highest BCUT2D eigenvalue weighted by Gasteiger charge is 2.32. The Labute approximate surface area is 224 Å². The third-order valence-corrected chi connectivity index (χ3v) is 7.51. The zero-order chi connectivity index (χ0) is 27.7. The maximum Gasteiger partial charge on any atom is 0.433 e. The average Bonchev–Trinajstić information content (AvgIpc) is 3.27. The molecule has 0 radical (unpaired) electrons. The summed E-state index contributed by atoms with van der Waals surface area (Å²) < 4.78 is 41.4. The maximum absolute atomic E-state index is 13.6. The molecule has 0 unspecified atom stereocenters. The molecule has 3 aromatic heterocycles. The van der Waals surface area contributed by atoms with Gasteiger partial charge in [-0.25, -0.2) is 0 Å². The topological polar surface area (TPSA) is 79.8 Å². The molecule has 0 aliphatic heterocycles. The number of carbonyl (C=O) groups excluding carboxylic acids is 1. The van der Waals surface area contributed by atoms with Crippen LogP contribution in [0.3, 0.4) is 0 Å². The van der Waals surface area contributed by atoms with Crippen LogP contribution < -0.4 is 10.9 Å². The normalized spacial score (nSPS) is 14.0. The number of fused-ring (bicyclic) bond motifs is 1. The van der Waals surface area contributed by atoms with Gasteiger partial charge in [-0.05, 0) is 73.6 Å². The fourth-order valence-electron chi connectivity index (χ4n) is 5.23. The van der Waals surface area contributed by atoms with Crippen molar-refractivity contribution in [3.05, 3.63) is 87.2 Å². The van der Waals surface area contributed by atoms with Crippen LogP contribution in [0.25, 0.3) is 22.0 Å². The summed E-state index contributed by atoms with van der Waals surface area (Å²) in [6.07, 6.45) is 3.71. The van der Waals surface area contributed by atoms with Crippen molar-refractivity contribution >= 4 is 16.8 Å². The largest absolute Gasteiger partial charge is 0.433 e. The van der Waals surface area contributed by atoms with Crippen LogP contribution in [0.2, 0.25) is 0 Å². The Kier molecular flexibility index (Phi) is 7.34. The minimum atomic E-state index is -4.53. The van der Waals surface area contributed by atoms with Gasteiger partial charge in [-0.1, -0.05) is 25.8 Å². The third-order valence-electron chi connectivity index (χ3n) is 7.51. The number of H-pyrrole nitrogens is 1. The Hall–Kier alpha value is -3.88. The molecule has 0 bridgehead atoms. The summed E-state index contributed by atoms with van der Waals surface area (Å²) >= 11 is 0. The summed E-state index contributed by atoms with van der Waals surface area (Å²) in [5, 5.41) is 3.67. The summed E-state index contributed by atoms with van der Waals surface area (Å²) in [7, 11) is 0. The van der Waals surface area contributed by atoms with E-state index in [0.717, 1.165) is 60.5 Å². The predicted octanol–water partition coefficient (Wildman–Crippen LogP) is 6.40. The van der Waals surface area contributed by atoms with Crippen LogP contribution in [-0.2, 0) is 25.7 Å². The Balaban J connectivity index is 1.52. The lowest BCUT2D eigenvalue weighted by molar-refractivity contribution is -0.141. The van der Waals surface area contributed by atoms with Gasteiger partial charge in [0, 0.05) is 58.8 Å². The van der Waals surface area contributed by atoms with Gasteiger partial charge < -0.3 is 14.9 Å². The van der Waals surface area contributed by atoms with Crippen LogP contribution in [0.4, 0.5) is 13.2 Å². The van der Waals surface area contributed by atoms with Gasteiger partial charge in [0.2, 0.25) is 0 Å². The molecule has 3 heterocycles. The van der Waals surface area contributed by atoms with Crippen LogP contribution in [0.5, 0.6) is 0 Å². The lowest BCUT2D eigenvalue weighted by atomic mass is 9.85. The van der Waals surface area contributed by atoms with Gasteiger partial charge in [0.05, 0.1) is 0 Å². The van der Waals surface area contributed by atoms with E-state index < -0.39 is 11.9 Å². The summed E-state index contributed by atoms with van der Waals surface area (Å²) in [4.78, 5) is 32.7. The van der Waals surface area contributed by atoms with Gasteiger partial charge in [-0.15, -0.1) is 0 Å². The smallest absolute Gasteiger partial charge is 0.348 e. The van der Waals surface area contributed by atoms with Crippen LogP contribution in [0, 0.1) is 12.8 Å². The number of rotatable bonds is 8. The molecule has 1 aliphatic rings. The molecule has 1 aromatic carbocycles. The number of aromatic amines is 1. The number of benzene rings is 1. The van der Waals surface area contributed by atoms with Crippen LogP contribution >= 0.6 is 0 Å². The molecule has 1 amide bonds. The lowest BCUT2D eigenvalue weighted by Crippen LogP contribution is -2.28. The van der Waals surface area contributed by atoms with Crippen molar-refractivity contribution in [1.82, 2.24) is 19.9 Å². The van der Waals surface area contributed by atoms with Gasteiger partial charge in [-0.2, -0.15) is 13.2 Å². The monoisotopic (exact) mass is 536 g/mol. The van der Waals surface area contributed by atoms with Crippen LogP contribution in [0.1, 0.15) is 65.5 Å². The van der Waals surface area contributed by atoms with E-state index in [0.29, 0.717) is 28.2 Å². The summed E-state index contributed by atoms with van der Waals surface area (Å²) in [5.41, 5.74) is 3.33. The predicted molar refractivity (Wildman–Crippen MR) is 144 cm³/mol. The van der Waals surface area contributed by atoms with Gasteiger partial charge in [0.25, 0.3) is 11.5 Å². The molecule has 0 spiro atoms. The molecule has 5 rings (SSSR count). The van der Waals surface area contributed by atoms with E-state index in [1.807, 2.05) is 38.2 Å². The number of carbonyl (C=O) groups is 1. The molecule has 2 N–H and O–H groups in total. The first-order chi connectivity index (χ1) is 18.6. The van der Waals surface area contributed by atoms with Crippen LogP contribution in [-0.4, -0.2) is 20.4 Å². The minimum Gasteiger partial charge on any atom is -0.348 e. The van der Waals surface area contributed by atoms with E-state index in [-0.39, 0.29) is 18.0 Å². The van der Waals surface area contributed by atoms with Crippen molar-refractivity contribution in [3.63, 3.8) is 0 Å². The number of aromatic nitrogens is 3. The standard InChI is InChI=1S/C30H31F3N4O2/c1-3-5-20-12-18(2)36-29(39)25(20)16-35-28(38)24-13-22(21-8-9-27(34-15-21)30(31,32)33)14-26-23(24)10-11-37(26)17-19-6-4-7-19/h8-15,19H,3-7,16-17H2,1-2H3,(H,35,38)(H,36,39). The van der Waals surface area contributed by atoms with Gasteiger partial charge in [-0.3, -0.25) is 14.6 Å². The van der Waals surface area contributed by atoms with Gasteiger partial charge in [0.15, 0.2) is 0 Å². The van der Waals surface area contributed by atoms with Crippen molar-refractivity contribution in [2.45, 2.75) is 65.2 Å². The quantitative estimate of drug-likeness (QED) is 0.273. The first-order valence-electron chi connectivity index (χ1n) is 13.3. The molecular formula is C30H31F3N4O2. The molecule has 6 nitrogen and oxygen atoms in total. The molecule has 204 valence electrons. The number of nitrogens with zero attached hydrogens (tertiary/aromatic N) is 2. The number of amides is 1. The number of alkyl halides is 3. The second-order valence-corrected chi connectivity index (χ2v) is 10.4. The Morgan fingerprint density at radius 2 is 1.95 bits per heavy atom. The average molecular weight is 537 g/mol. The van der Waals surface area contributed by atoms with Crippen molar-refractivity contribution in [1.29, 1.82) is 0 Å². The fourth-order valence-corrected chi connectivity index (χ4v) is 5.23. The fraction of sp³-hybridized carbons (Fsp3) is 0.367. The minimum absolute atomic E-state index is 0.0696. The lowest BCUT2D eigenvalue weighted by Gasteiger charge is -2.26. The highest BCUT2D eigenvalue weighted by atomic mass is 19.4. The third kappa shape index (κ3) is 5.62. The highest BCUT2D eigenvalue weighted by molar-refractivity contribution is 6.08. The number of aryl methyl sites for hydroxylation is 2. The summed E-state index contributed by atoms with van der Waals surface area (Å²) in [6, 6.07) is 9.75. The molecule has 0 saturated heterocycles. The molecule has 0 atom stereocenters. The van der Waals surface area contributed by atoms with E-state index in [4.69, 9.17) is 0 Å². The number of pyridine rings is 2. The molecule has 1 saturated carbocycles. The Bertz CT molecular complexity index is 1560. The van der Waals surface area contributed by atoms with Crippen LogP contribution in [0.15, 0.2) is 53.6 Å². The second kappa shape index (κ2) is 10.7. The number of hydrogen-bond donors (Lipinski definition) is 2. The number of hydrogen-bond acceptors (Lipinski definition) is 3. The second-order valence-electron chi connectivity index (χ2n) is 10.4. The van der Waals surface area contributed by atoms with E-state index in [9.17, 15) is 22.8 Å². The van der Waals surface area contributed by atoms with Crippen molar-refractivity contribution in [2.24, 2.45) is 5.92 Å². The zero-order valence-corrected chi connectivity index (χ0v) is 22.0. The molecule has 1 fully saturated rings. The van der Waals surface area contributed by atoms with Gasteiger partial charge in [0.1, 0.15) is 5.69 Å². The van der Waals surface area contributed by atoms with Gasteiger partial charge >= 0.3 is 6.18 Å². The molecule has 1 aliphatic carbocycles. The maximum atomic E-state index is 13.6. The molecule has 39 heavy (non-hydrogen) atoms. The van der Waals surface area contributed by atoms with E-state index in [2.05, 4.69) is 19.9 Å². The Morgan fingerprint density at radius 3 is 2.59 bits per heavy atom. The first kappa shape index (κ1) is 26.7. The Morgan fingerprint density at radius 1 is 1.15 bits per heavy atom. The number of nitrogens with one attached hydrogen (secondary N) is 2. The van der Waals surface area contributed by atoms with E-state index in [1.165, 1.54) is 18.7 Å². The first-order valence-corrected chi connectivity index (χ1v) is 13.3. The molecular weight excluding hydrogens is 505 g/mol. The van der Waals surface area contributed by atoms with Crippen molar-refractivity contribution < 1.29 is 18.0 Å². The molecule has 9 heteroatoms. The van der Waals surface area contributed by atoms with Crippen molar-refractivity contribution in [3.8, 4) is 11.1 Å². The zero-order valence-electron chi connectivity index (χ0n) is 22.0. The molecule has 4 aromatic rings. The highest BCUT2D eigenvalue weighted by Crippen LogP contribution is 2.34. The summed E-state index contributed by atoms with van der Waals surface area (Å²) in [6.45, 7) is 4.75. The number of halogens is 3. The summed E-state index contributed by atoms with van der Waals surface area (Å²) in [5.74, 6) is 0.213.